The van der Waals surface area contributed by atoms with Crippen LogP contribution in [0.2, 0.25) is 0 Å². The molecule has 1 saturated heterocycles. The second-order valence-electron chi connectivity index (χ2n) is 7.79. The molecule has 150 valence electrons. The second-order valence-corrected chi connectivity index (χ2v) is 7.79. The van der Waals surface area contributed by atoms with E-state index in [0.29, 0.717) is 36.1 Å². The molecule has 29 heavy (non-hydrogen) atoms. The highest BCUT2D eigenvalue weighted by molar-refractivity contribution is 5.94. The van der Waals surface area contributed by atoms with Crippen LogP contribution in [0.25, 0.3) is 10.9 Å². The monoisotopic (exact) mass is 392 g/mol. The maximum atomic E-state index is 11.8. The Labute approximate surface area is 169 Å². The van der Waals surface area contributed by atoms with Gasteiger partial charge in [0.1, 0.15) is 5.69 Å². The van der Waals surface area contributed by atoms with E-state index in [1.807, 2.05) is 18.2 Å². The van der Waals surface area contributed by atoms with E-state index in [-0.39, 0.29) is 10.6 Å². The summed E-state index contributed by atoms with van der Waals surface area (Å²) in [5.74, 6) is 0. The summed E-state index contributed by atoms with van der Waals surface area (Å²) in [6.07, 6.45) is 2.26. The van der Waals surface area contributed by atoms with Crippen LogP contribution in [-0.2, 0) is 6.54 Å². The van der Waals surface area contributed by atoms with Gasteiger partial charge in [0.05, 0.1) is 21.4 Å². The van der Waals surface area contributed by atoms with Crippen molar-refractivity contribution < 1.29 is 10.0 Å². The Morgan fingerprint density at radius 1 is 1.21 bits per heavy atom. The predicted molar refractivity (Wildman–Crippen MR) is 113 cm³/mol. The number of likely N-dealkylation sites (tertiary alicyclic amines) is 1. The minimum absolute atomic E-state index is 0.0286. The molecule has 1 aliphatic heterocycles. The number of anilines is 1. The highest BCUT2D eigenvalue weighted by Gasteiger charge is 2.38. The smallest absolute Gasteiger partial charge is 0.301 e. The molecular weight excluding hydrogens is 368 g/mol. The number of rotatable bonds is 6. The average Bonchev–Trinajstić information content (AvgIpc) is 3.07. The first-order valence-corrected chi connectivity index (χ1v) is 9.67. The number of β-amino-alcohol motifs (C(OH)–C–C–N with tert-alkyl or cyclic N) is 1. The Morgan fingerprint density at radius 2 is 2.00 bits per heavy atom. The quantitative estimate of drug-likeness (QED) is 0.512. The van der Waals surface area contributed by atoms with Gasteiger partial charge in [0.15, 0.2) is 0 Å². The summed E-state index contributed by atoms with van der Waals surface area (Å²) in [4.78, 5) is 19.7. The summed E-state index contributed by atoms with van der Waals surface area (Å²) < 4.78 is 0. The first-order chi connectivity index (χ1) is 14.0. The SMILES string of the molecule is CN(CC1(O)CCN(Cc2ccccc2)C1)c1ccc2ncccc2c1[N+](=O)[O-]. The van der Waals surface area contributed by atoms with Crippen molar-refractivity contribution in [3.8, 4) is 0 Å². The van der Waals surface area contributed by atoms with Crippen LogP contribution in [0.4, 0.5) is 11.4 Å². The Hall–Kier alpha value is -3.03. The molecule has 0 amide bonds. The normalized spacial score (nSPS) is 19.5. The molecule has 0 aliphatic carbocycles. The zero-order chi connectivity index (χ0) is 20.4. The van der Waals surface area contributed by atoms with E-state index in [4.69, 9.17) is 0 Å². The van der Waals surface area contributed by atoms with Gasteiger partial charge < -0.3 is 10.0 Å². The van der Waals surface area contributed by atoms with E-state index in [0.717, 1.165) is 13.1 Å². The fourth-order valence-corrected chi connectivity index (χ4v) is 4.20. The summed E-state index contributed by atoms with van der Waals surface area (Å²) in [5.41, 5.74) is 1.40. The van der Waals surface area contributed by atoms with E-state index < -0.39 is 5.60 Å². The largest absolute Gasteiger partial charge is 0.387 e. The minimum atomic E-state index is -0.915. The minimum Gasteiger partial charge on any atom is -0.387 e. The summed E-state index contributed by atoms with van der Waals surface area (Å²) >= 11 is 0. The highest BCUT2D eigenvalue weighted by atomic mass is 16.6. The van der Waals surface area contributed by atoms with Gasteiger partial charge in [-0.3, -0.25) is 20.0 Å². The number of pyridine rings is 1. The van der Waals surface area contributed by atoms with Crippen LogP contribution >= 0.6 is 0 Å². The Bertz CT molecular complexity index is 1030. The molecule has 0 spiro atoms. The van der Waals surface area contributed by atoms with E-state index in [9.17, 15) is 15.2 Å². The predicted octanol–water partition coefficient (Wildman–Crippen LogP) is 3.22. The number of hydrogen-bond donors (Lipinski definition) is 1. The molecule has 1 N–H and O–H groups in total. The number of hydrogen-bond acceptors (Lipinski definition) is 6. The molecule has 7 nitrogen and oxygen atoms in total. The molecule has 2 aromatic carbocycles. The lowest BCUT2D eigenvalue weighted by Gasteiger charge is -2.30. The van der Waals surface area contributed by atoms with E-state index in [1.54, 1.807) is 42.4 Å². The van der Waals surface area contributed by atoms with Crippen molar-refractivity contribution in [2.45, 2.75) is 18.6 Å². The molecule has 1 unspecified atom stereocenters. The molecule has 1 aromatic heterocycles. The lowest BCUT2D eigenvalue weighted by molar-refractivity contribution is -0.382. The first kappa shape index (κ1) is 19.3. The van der Waals surface area contributed by atoms with Gasteiger partial charge >= 0.3 is 5.69 Å². The van der Waals surface area contributed by atoms with Gasteiger partial charge in [0.2, 0.25) is 0 Å². The molecule has 0 saturated carbocycles. The summed E-state index contributed by atoms with van der Waals surface area (Å²) in [6, 6.07) is 17.1. The van der Waals surface area contributed by atoms with Gasteiger partial charge in [-0.25, -0.2) is 0 Å². The number of likely N-dealkylation sites (N-methyl/N-ethyl adjacent to an activating group) is 1. The van der Waals surface area contributed by atoms with Crippen LogP contribution < -0.4 is 4.90 Å². The summed E-state index contributed by atoms with van der Waals surface area (Å²) in [7, 11) is 1.79. The molecule has 1 aliphatic rings. The first-order valence-electron chi connectivity index (χ1n) is 9.67. The number of aromatic nitrogens is 1. The van der Waals surface area contributed by atoms with Gasteiger partial charge in [0.25, 0.3) is 0 Å². The van der Waals surface area contributed by atoms with Crippen molar-refractivity contribution in [2.24, 2.45) is 0 Å². The number of nitro benzene ring substituents is 1. The standard InChI is InChI=1S/C22H24N4O3/c1-24(20-10-9-19-18(8-5-12-23-19)21(20)26(28)29)15-22(27)11-13-25(16-22)14-17-6-3-2-4-7-17/h2-10,12,27H,11,13-16H2,1H3. The van der Waals surface area contributed by atoms with E-state index in [1.165, 1.54) is 5.56 Å². The number of benzene rings is 2. The molecule has 3 aromatic rings. The van der Waals surface area contributed by atoms with Crippen LogP contribution in [0.15, 0.2) is 60.8 Å². The highest BCUT2D eigenvalue weighted by Crippen LogP contribution is 2.36. The van der Waals surface area contributed by atoms with Crippen molar-refractivity contribution in [2.75, 3.05) is 31.6 Å². The topological polar surface area (TPSA) is 82.7 Å². The molecule has 7 heteroatoms. The Morgan fingerprint density at radius 3 is 2.76 bits per heavy atom. The lowest BCUT2D eigenvalue weighted by atomic mass is 10.0. The maximum absolute atomic E-state index is 11.8. The summed E-state index contributed by atoms with van der Waals surface area (Å²) in [5, 5.41) is 23.4. The van der Waals surface area contributed by atoms with Gasteiger partial charge in [0, 0.05) is 39.4 Å². The van der Waals surface area contributed by atoms with E-state index >= 15 is 0 Å². The van der Waals surface area contributed by atoms with Crippen LogP contribution in [0.5, 0.6) is 0 Å². The molecule has 2 heterocycles. The maximum Gasteiger partial charge on any atom is 0.301 e. The van der Waals surface area contributed by atoms with Crippen LogP contribution in [0.3, 0.4) is 0 Å². The third kappa shape index (κ3) is 4.06. The van der Waals surface area contributed by atoms with Crippen LogP contribution in [0, 0.1) is 10.1 Å². The van der Waals surface area contributed by atoms with Gasteiger partial charge in [-0.1, -0.05) is 30.3 Å². The number of nitrogens with zero attached hydrogens (tertiary/aromatic N) is 4. The third-order valence-electron chi connectivity index (χ3n) is 5.52. The number of aliphatic hydroxyl groups is 1. The zero-order valence-electron chi connectivity index (χ0n) is 16.4. The van der Waals surface area contributed by atoms with Crippen molar-refractivity contribution in [3.05, 3.63) is 76.5 Å². The van der Waals surface area contributed by atoms with Crippen LogP contribution in [0.1, 0.15) is 12.0 Å². The van der Waals surface area contributed by atoms with E-state index in [2.05, 4.69) is 22.0 Å². The molecule has 0 bridgehead atoms. The molecule has 1 atom stereocenters. The average molecular weight is 392 g/mol. The lowest BCUT2D eigenvalue weighted by Crippen LogP contribution is -2.44. The molecule has 1 fully saturated rings. The van der Waals surface area contributed by atoms with Crippen LogP contribution in [-0.4, -0.2) is 52.2 Å². The molecular formula is C22H24N4O3. The van der Waals surface area contributed by atoms with Crippen molar-refractivity contribution in [1.82, 2.24) is 9.88 Å². The van der Waals surface area contributed by atoms with Gasteiger partial charge in [-0.15, -0.1) is 0 Å². The Kier molecular flexibility index (Phi) is 5.17. The fourth-order valence-electron chi connectivity index (χ4n) is 4.20. The molecule has 0 radical (unpaired) electrons. The van der Waals surface area contributed by atoms with Gasteiger partial charge in [-0.2, -0.15) is 0 Å². The van der Waals surface area contributed by atoms with Crippen molar-refractivity contribution in [1.29, 1.82) is 0 Å². The number of fused-ring (bicyclic) bond motifs is 1. The third-order valence-corrected chi connectivity index (χ3v) is 5.52. The van der Waals surface area contributed by atoms with Crippen molar-refractivity contribution in [3.63, 3.8) is 0 Å². The molecule has 4 rings (SSSR count). The summed E-state index contributed by atoms with van der Waals surface area (Å²) in [6.45, 7) is 2.44. The zero-order valence-corrected chi connectivity index (χ0v) is 16.4. The fraction of sp³-hybridized carbons (Fsp3) is 0.318. The van der Waals surface area contributed by atoms with Gasteiger partial charge in [-0.05, 0) is 36.2 Å². The number of nitro groups is 1. The second kappa shape index (κ2) is 7.77. The Balaban J connectivity index is 1.53. The van der Waals surface area contributed by atoms with Crippen molar-refractivity contribution >= 4 is 22.3 Å².